The highest BCUT2D eigenvalue weighted by atomic mass is 28.3. The molecule has 1 aromatic heterocycles. The van der Waals surface area contributed by atoms with E-state index in [0.29, 0.717) is 0 Å². The molecule has 0 aliphatic carbocycles. The molecule has 15 heavy (non-hydrogen) atoms. The summed E-state index contributed by atoms with van der Waals surface area (Å²) in [6.45, 7) is 4.68. The summed E-state index contributed by atoms with van der Waals surface area (Å²) < 4.78 is 0. The SMILES string of the molecule is C[Si](C)(c1ccccc1)c1ccccn1. The average Bonchev–Trinajstić information content (AvgIpc) is 2.31. The Balaban J connectivity index is 2.44. The molecule has 0 amide bonds. The van der Waals surface area contributed by atoms with Crippen LogP contribution >= 0.6 is 0 Å². The summed E-state index contributed by atoms with van der Waals surface area (Å²) in [4.78, 5) is 4.49. The number of pyridine rings is 1. The number of rotatable bonds is 2. The van der Waals surface area contributed by atoms with Crippen LogP contribution in [0.4, 0.5) is 0 Å². The molecule has 0 bridgehead atoms. The zero-order chi connectivity index (χ0) is 10.7. The van der Waals surface area contributed by atoms with E-state index in [9.17, 15) is 0 Å². The van der Waals surface area contributed by atoms with Gasteiger partial charge in [-0.1, -0.05) is 54.7 Å². The Morgan fingerprint density at radius 1 is 0.867 bits per heavy atom. The minimum Gasteiger partial charge on any atom is -0.266 e. The van der Waals surface area contributed by atoms with Crippen LogP contribution in [-0.2, 0) is 0 Å². The second-order valence-corrected chi connectivity index (χ2v) is 8.55. The van der Waals surface area contributed by atoms with Crippen LogP contribution in [-0.4, -0.2) is 13.1 Å². The molecule has 0 fully saturated rings. The molecule has 2 rings (SSSR count). The second-order valence-electron chi connectivity index (χ2n) is 4.21. The third-order valence-electron chi connectivity index (χ3n) is 2.80. The van der Waals surface area contributed by atoms with E-state index >= 15 is 0 Å². The lowest BCUT2D eigenvalue weighted by molar-refractivity contribution is 1.37. The van der Waals surface area contributed by atoms with Gasteiger partial charge < -0.3 is 0 Å². The quantitative estimate of drug-likeness (QED) is 0.694. The molecule has 0 saturated carbocycles. The summed E-state index contributed by atoms with van der Waals surface area (Å²) in [6, 6.07) is 16.9. The van der Waals surface area contributed by atoms with Gasteiger partial charge in [0.1, 0.15) is 8.07 Å². The molecule has 1 heterocycles. The van der Waals surface area contributed by atoms with Crippen LogP contribution in [0.3, 0.4) is 0 Å². The molecule has 2 aromatic rings. The summed E-state index contributed by atoms with van der Waals surface area (Å²) in [5.41, 5.74) is 0. The maximum atomic E-state index is 4.49. The number of nitrogens with zero attached hydrogens (tertiary/aromatic N) is 1. The molecule has 0 atom stereocenters. The van der Waals surface area contributed by atoms with Crippen LogP contribution in [0.25, 0.3) is 0 Å². The fourth-order valence-electron chi connectivity index (χ4n) is 1.74. The van der Waals surface area contributed by atoms with Gasteiger partial charge in [-0.05, 0) is 12.1 Å². The molecule has 0 radical (unpaired) electrons. The largest absolute Gasteiger partial charge is 0.266 e. The minimum atomic E-state index is -1.57. The fourth-order valence-corrected chi connectivity index (χ4v) is 3.97. The van der Waals surface area contributed by atoms with Crippen molar-refractivity contribution in [3.63, 3.8) is 0 Å². The first-order chi connectivity index (χ1) is 7.21. The van der Waals surface area contributed by atoms with Crippen molar-refractivity contribution in [2.24, 2.45) is 0 Å². The summed E-state index contributed by atoms with van der Waals surface area (Å²) in [7, 11) is -1.57. The first-order valence-corrected chi connectivity index (χ1v) is 8.18. The lowest BCUT2D eigenvalue weighted by atomic mass is 10.4. The standard InChI is InChI=1S/C13H15NSi/c1-15(2,12-8-4-3-5-9-12)13-10-6-7-11-14-13/h3-11H,1-2H3. The van der Waals surface area contributed by atoms with Crippen LogP contribution in [0.15, 0.2) is 54.7 Å². The fraction of sp³-hybridized carbons (Fsp3) is 0.154. The van der Waals surface area contributed by atoms with Gasteiger partial charge in [-0.3, -0.25) is 4.98 Å². The van der Waals surface area contributed by atoms with E-state index in [-0.39, 0.29) is 0 Å². The van der Waals surface area contributed by atoms with E-state index in [4.69, 9.17) is 0 Å². The Hall–Kier alpha value is -1.41. The van der Waals surface area contributed by atoms with Crippen LogP contribution in [0.2, 0.25) is 13.1 Å². The monoisotopic (exact) mass is 213 g/mol. The molecule has 0 aliphatic heterocycles. The van der Waals surface area contributed by atoms with Gasteiger partial charge in [-0.25, -0.2) is 0 Å². The summed E-state index contributed by atoms with van der Waals surface area (Å²) in [5, 5.41) is 2.68. The van der Waals surface area contributed by atoms with E-state index < -0.39 is 8.07 Å². The molecule has 0 N–H and O–H groups in total. The third-order valence-corrected chi connectivity index (χ3v) is 6.15. The van der Waals surface area contributed by atoms with Gasteiger partial charge >= 0.3 is 0 Å². The van der Waals surface area contributed by atoms with Gasteiger partial charge in [0.25, 0.3) is 0 Å². The highest BCUT2D eigenvalue weighted by Crippen LogP contribution is 2.02. The number of hydrogen-bond acceptors (Lipinski definition) is 1. The van der Waals surface area contributed by atoms with Crippen LogP contribution in [0, 0.1) is 0 Å². The summed E-state index contributed by atoms with van der Waals surface area (Å²) in [6.07, 6.45) is 1.88. The van der Waals surface area contributed by atoms with Crippen molar-refractivity contribution >= 4 is 18.6 Å². The lowest BCUT2D eigenvalue weighted by Crippen LogP contribution is -2.54. The minimum absolute atomic E-state index is 1.25. The van der Waals surface area contributed by atoms with E-state index in [1.54, 1.807) is 0 Å². The van der Waals surface area contributed by atoms with Crippen LogP contribution < -0.4 is 10.5 Å². The van der Waals surface area contributed by atoms with Crippen molar-refractivity contribution < 1.29 is 0 Å². The van der Waals surface area contributed by atoms with Crippen molar-refractivity contribution in [1.82, 2.24) is 4.98 Å². The predicted octanol–water partition coefficient (Wildman–Crippen LogP) is 1.90. The zero-order valence-electron chi connectivity index (χ0n) is 9.14. The van der Waals surface area contributed by atoms with E-state index in [2.05, 4.69) is 60.5 Å². The van der Waals surface area contributed by atoms with Crippen LogP contribution in [0.5, 0.6) is 0 Å². The summed E-state index contributed by atoms with van der Waals surface area (Å²) >= 11 is 0. The normalized spacial score (nSPS) is 11.3. The first-order valence-electron chi connectivity index (χ1n) is 5.18. The Morgan fingerprint density at radius 3 is 2.13 bits per heavy atom. The smallest absolute Gasteiger partial charge is 0.135 e. The van der Waals surface area contributed by atoms with Gasteiger partial charge in [0.15, 0.2) is 0 Å². The number of aromatic nitrogens is 1. The van der Waals surface area contributed by atoms with Gasteiger partial charge in [0.05, 0.1) is 0 Å². The number of benzene rings is 1. The lowest BCUT2D eigenvalue weighted by Gasteiger charge is -2.21. The Kier molecular flexibility index (Phi) is 2.69. The van der Waals surface area contributed by atoms with Gasteiger partial charge in [0, 0.05) is 11.5 Å². The topological polar surface area (TPSA) is 12.9 Å². The van der Waals surface area contributed by atoms with Crippen molar-refractivity contribution in [2.45, 2.75) is 13.1 Å². The predicted molar refractivity (Wildman–Crippen MR) is 67.4 cm³/mol. The van der Waals surface area contributed by atoms with Crippen LogP contribution in [0.1, 0.15) is 0 Å². The maximum absolute atomic E-state index is 4.49. The summed E-state index contributed by atoms with van der Waals surface area (Å²) in [5.74, 6) is 0. The van der Waals surface area contributed by atoms with Gasteiger partial charge in [0.2, 0.25) is 0 Å². The van der Waals surface area contributed by atoms with Crippen molar-refractivity contribution in [3.8, 4) is 0 Å². The Bertz CT molecular complexity index is 381. The molecule has 1 aromatic carbocycles. The Labute approximate surface area is 91.8 Å². The van der Waals surface area contributed by atoms with Crippen molar-refractivity contribution in [3.05, 3.63) is 54.7 Å². The van der Waals surface area contributed by atoms with E-state index in [1.807, 2.05) is 12.3 Å². The molecular weight excluding hydrogens is 198 g/mol. The molecule has 0 aliphatic rings. The van der Waals surface area contributed by atoms with E-state index in [1.165, 1.54) is 10.5 Å². The molecule has 2 heteroatoms. The second kappa shape index (κ2) is 3.99. The molecule has 1 nitrogen and oxygen atoms in total. The molecule has 0 spiro atoms. The highest BCUT2D eigenvalue weighted by Gasteiger charge is 2.26. The molecule has 0 saturated heterocycles. The zero-order valence-corrected chi connectivity index (χ0v) is 10.1. The van der Waals surface area contributed by atoms with Gasteiger partial charge in [-0.2, -0.15) is 0 Å². The third kappa shape index (κ3) is 2.00. The maximum Gasteiger partial charge on any atom is 0.135 e. The van der Waals surface area contributed by atoms with Gasteiger partial charge in [-0.15, -0.1) is 0 Å². The van der Waals surface area contributed by atoms with Crippen molar-refractivity contribution in [2.75, 3.05) is 0 Å². The van der Waals surface area contributed by atoms with E-state index in [0.717, 1.165) is 0 Å². The molecule has 0 unspecified atom stereocenters. The Morgan fingerprint density at radius 2 is 1.53 bits per heavy atom. The molecule has 76 valence electrons. The average molecular weight is 213 g/mol. The van der Waals surface area contributed by atoms with Crippen molar-refractivity contribution in [1.29, 1.82) is 0 Å². The highest BCUT2D eigenvalue weighted by molar-refractivity contribution is 6.99. The number of hydrogen-bond donors (Lipinski definition) is 0. The molecular formula is C13H15NSi. The first kappa shape index (κ1) is 10.1.